The average Bonchev–Trinajstić information content (AvgIpc) is 3.21. The number of phenols is 1. The number of aromatic hydroxyl groups is 1. The highest BCUT2D eigenvalue weighted by Gasteiger charge is 2.64. The molecule has 34 heavy (non-hydrogen) atoms. The van der Waals surface area contributed by atoms with Crippen LogP contribution in [0.15, 0.2) is 53.0 Å². The quantitative estimate of drug-likeness (QED) is 0.749. The number of benzene rings is 2. The topological polar surface area (TPSA) is 80.6 Å². The van der Waals surface area contributed by atoms with Crippen LogP contribution in [0.1, 0.15) is 30.9 Å². The van der Waals surface area contributed by atoms with E-state index >= 15 is 0 Å². The summed E-state index contributed by atoms with van der Waals surface area (Å²) in [5, 5.41) is 11.3. The van der Waals surface area contributed by atoms with E-state index in [1.165, 1.54) is 12.2 Å². The molecule has 4 aliphatic heterocycles. The number of nitrogens with zero attached hydrogens (tertiary/aromatic N) is 2. The zero-order chi connectivity index (χ0) is 23.6. The van der Waals surface area contributed by atoms with Crippen LogP contribution in [-0.2, 0) is 19.8 Å². The summed E-state index contributed by atoms with van der Waals surface area (Å²) in [6.07, 6.45) is 3.24. The summed E-state index contributed by atoms with van der Waals surface area (Å²) < 4.78 is 11.6. The third-order valence-electron chi connectivity index (χ3n) is 8.05. The first-order valence-electron chi connectivity index (χ1n) is 11.7. The molecule has 5 unspecified atom stereocenters. The van der Waals surface area contributed by atoms with E-state index in [1.54, 1.807) is 13.2 Å². The number of allylic oxidation sites excluding steroid dienone is 1. The van der Waals surface area contributed by atoms with Gasteiger partial charge in [-0.25, -0.2) is 0 Å². The lowest BCUT2D eigenvalue weighted by Gasteiger charge is -2.38. The Morgan fingerprint density at radius 1 is 1.26 bits per heavy atom. The number of phenolic OH excluding ortho intramolecular Hbond substituents is 1. The average molecular weight is 461 g/mol. The first-order valence-corrected chi connectivity index (χ1v) is 11.7. The zero-order valence-corrected chi connectivity index (χ0v) is 19.5. The number of rotatable bonds is 4. The molecule has 2 aromatic rings. The number of hydrogen-bond donors (Lipinski definition) is 1. The van der Waals surface area contributed by atoms with Crippen LogP contribution in [0.3, 0.4) is 0 Å². The molecule has 4 heterocycles. The first-order chi connectivity index (χ1) is 16.5. The molecule has 7 rings (SSSR count). The minimum absolute atomic E-state index is 0.0130. The number of carbonyl (C=O) groups excluding carboxylic acids is 1. The van der Waals surface area contributed by atoms with Crippen molar-refractivity contribution < 1.29 is 24.2 Å². The van der Waals surface area contributed by atoms with Crippen LogP contribution in [0, 0.1) is 11.8 Å². The van der Waals surface area contributed by atoms with Crippen molar-refractivity contribution in [3.63, 3.8) is 0 Å². The zero-order valence-electron chi connectivity index (χ0n) is 19.5. The van der Waals surface area contributed by atoms with Crippen molar-refractivity contribution in [3.05, 3.63) is 59.2 Å². The lowest BCUT2D eigenvalue weighted by atomic mass is 9.71. The van der Waals surface area contributed by atoms with E-state index in [9.17, 15) is 9.90 Å². The standard InChI is InChI=1S/C27H28N2O5/c1-15(10-16-8-9-22(30)23(11-16)32-2)25-17-12-24-27(13-20(28-25)18(17)14-34-24)19-6-4-5-7-21(19)29(33-3)26(27)31/h4-11,17-18,20,24,30H,12-14H2,1-3H3. The van der Waals surface area contributed by atoms with Gasteiger partial charge in [-0.2, -0.15) is 5.06 Å². The van der Waals surface area contributed by atoms with Crippen LogP contribution in [0.5, 0.6) is 11.5 Å². The molecule has 1 saturated carbocycles. The van der Waals surface area contributed by atoms with Crippen LogP contribution in [0.25, 0.3) is 6.08 Å². The molecule has 0 radical (unpaired) electrons. The van der Waals surface area contributed by atoms with Gasteiger partial charge < -0.3 is 14.6 Å². The number of fused-ring (bicyclic) bond motifs is 2. The minimum Gasteiger partial charge on any atom is -0.504 e. The second-order valence-corrected chi connectivity index (χ2v) is 9.64. The summed E-state index contributed by atoms with van der Waals surface area (Å²) in [6, 6.07) is 13.2. The summed E-state index contributed by atoms with van der Waals surface area (Å²) in [7, 11) is 3.08. The number of ether oxygens (including phenoxy) is 2. The van der Waals surface area contributed by atoms with Gasteiger partial charge in [0.1, 0.15) is 5.41 Å². The van der Waals surface area contributed by atoms with Gasteiger partial charge in [0.25, 0.3) is 5.91 Å². The number of aliphatic imine (C=N–C) groups is 1. The maximum absolute atomic E-state index is 13.8. The van der Waals surface area contributed by atoms with E-state index in [0.29, 0.717) is 18.8 Å². The smallest absolute Gasteiger partial charge is 0.264 e. The number of methoxy groups -OCH3 is 1. The maximum Gasteiger partial charge on any atom is 0.264 e. The molecule has 4 bridgehead atoms. The number of hydrogen-bond acceptors (Lipinski definition) is 6. The van der Waals surface area contributed by atoms with Crippen molar-refractivity contribution in [1.82, 2.24) is 0 Å². The van der Waals surface area contributed by atoms with Crippen molar-refractivity contribution in [2.75, 3.05) is 25.9 Å². The van der Waals surface area contributed by atoms with Crippen LogP contribution < -0.4 is 9.80 Å². The SMILES string of the molecule is COc1cc(C=C(C)C2=NC3CC4(C(=O)N(OC)c5ccccc54)C4CC2C3CO4)ccc1O. The first kappa shape index (κ1) is 21.4. The summed E-state index contributed by atoms with van der Waals surface area (Å²) >= 11 is 0. The predicted octanol–water partition coefficient (Wildman–Crippen LogP) is 3.90. The molecule has 7 nitrogen and oxygen atoms in total. The molecule has 5 aliphatic rings. The Balaban J connectivity index is 1.39. The van der Waals surface area contributed by atoms with Crippen LogP contribution >= 0.6 is 0 Å². The van der Waals surface area contributed by atoms with Gasteiger partial charge in [-0.3, -0.25) is 14.6 Å². The van der Waals surface area contributed by atoms with Crippen molar-refractivity contribution in [1.29, 1.82) is 0 Å². The molecule has 2 aromatic carbocycles. The second kappa shape index (κ2) is 7.68. The van der Waals surface area contributed by atoms with Crippen LogP contribution in [-0.4, -0.2) is 49.7 Å². The van der Waals surface area contributed by atoms with Gasteiger partial charge in [0.15, 0.2) is 11.5 Å². The number of amides is 1. The van der Waals surface area contributed by atoms with Crippen molar-refractivity contribution in [2.45, 2.75) is 37.3 Å². The predicted molar refractivity (Wildman–Crippen MR) is 128 cm³/mol. The number of carbonyl (C=O) groups is 1. The van der Waals surface area contributed by atoms with Crippen molar-refractivity contribution in [3.8, 4) is 11.5 Å². The van der Waals surface area contributed by atoms with Gasteiger partial charge >= 0.3 is 0 Å². The van der Waals surface area contributed by atoms with Crippen LogP contribution in [0.4, 0.5) is 5.69 Å². The van der Waals surface area contributed by atoms with Crippen LogP contribution in [0.2, 0.25) is 0 Å². The molecule has 176 valence electrons. The largest absolute Gasteiger partial charge is 0.504 e. The molecule has 1 spiro atoms. The minimum atomic E-state index is -0.766. The van der Waals surface area contributed by atoms with Crippen molar-refractivity contribution in [2.24, 2.45) is 16.8 Å². The number of para-hydroxylation sites is 1. The monoisotopic (exact) mass is 460 g/mol. The van der Waals surface area contributed by atoms with E-state index < -0.39 is 5.41 Å². The molecule has 1 aliphatic carbocycles. The molecular formula is C27H28N2O5. The van der Waals surface area contributed by atoms with Gasteiger partial charge in [0, 0.05) is 17.5 Å². The van der Waals surface area contributed by atoms with Gasteiger partial charge in [-0.1, -0.05) is 30.3 Å². The van der Waals surface area contributed by atoms with E-state index in [4.69, 9.17) is 19.3 Å². The van der Waals surface area contributed by atoms with E-state index in [1.807, 2.05) is 36.4 Å². The molecule has 1 amide bonds. The van der Waals surface area contributed by atoms with E-state index in [-0.39, 0.29) is 35.6 Å². The van der Waals surface area contributed by atoms with Gasteiger partial charge in [0.2, 0.25) is 0 Å². The fraction of sp³-hybridized carbons (Fsp3) is 0.407. The fourth-order valence-electron chi connectivity index (χ4n) is 6.51. The molecular weight excluding hydrogens is 432 g/mol. The van der Waals surface area contributed by atoms with Gasteiger partial charge in [-0.05, 0) is 54.7 Å². The third kappa shape index (κ3) is 2.83. The second-order valence-electron chi connectivity index (χ2n) is 9.64. The lowest BCUT2D eigenvalue weighted by molar-refractivity contribution is -0.137. The Morgan fingerprint density at radius 3 is 2.88 bits per heavy atom. The third-order valence-corrected chi connectivity index (χ3v) is 8.05. The van der Waals surface area contributed by atoms with Gasteiger partial charge in [0.05, 0.1) is 38.7 Å². The Morgan fingerprint density at radius 2 is 2.09 bits per heavy atom. The molecule has 1 N–H and O–H groups in total. The van der Waals surface area contributed by atoms with Crippen molar-refractivity contribution >= 4 is 23.4 Å². The number of anilines is 1. The Kier molecular flexibility index (Phi) is 4.83. The Bertz CT molecular complexity index is 1240. The maximum atomic E-state index is 13.8. The fourth-order valence-corrected chi connectivity index (χ4v) is 6.51. The molecule has 5 atom stereocenters. The van der Waals surface area contributed by atoms with E-state index in [2.05, 4.69) is 13.0 Å². The molecule has 2 saturated heterocycles. The van der Waals surface area contributed by atoms with E-state index in [0.717, 1.165) is 34.5 Å². The molecule has 3 fully saturated rings. The summed E-state index contributed by atoms with van der Waals surface area (Å²) in [5.41, 5.74) is 4.17. The Labute approximate surface area is 198 Å². The van der Waals surface area contributed by atoms with Gasteiger partial charge in [-0.15, -0.1) is 0 Å². The summed E-state index contributed by atoms with van der Waals surface area (Å²) in [4.78, 5) is 24.5. The molecule has 0 aromatic heterocycles. The molecule has 7 heteroatoms. The normalized spacial score (nSPS) is 31.6. The highest BCUT2D eigenvalue weighted by atomic mass is 16.7. The summed E-state index contributed by atoms with van der Waals surface area (Å²) in [5.74, 6) is 1.03. The highest BCUT2D eigenvalue weighted by Crippen LogP contribution is 2.57. The number of hydroxylamine groups is 1. The highest BCUT2D eigenvalue weighted by molar-refractivity contribution is 6.09. The summed E-state index contributed by atoms with van der Waals surface area (Å²) in [6.45, 7) is 2.69. The Hall–Kier alpha value is -3.16. The lowest BCUT2D eigenvalue weighted by Crippen LogP contribution is -2.51.